The van der Waals surface area contributed by atoms with Crippen LogP contribution in [0.1, 0.15) is 46.8 Å². The van der Waals surface area contributed by atoms with Crippen molar-refractivity contribution in [1.29, 1.82) is 0 Å². The summed E-state index contributed by atoms with van der Waals surface area (Å²) in [6.45, 7) is 2.77. The number of nitrogens with zero attached hydrogens (tertiary/aromatic N) is 4. The maximum absolute atomic E-state index is 13.8. The van der Waals surface area contributed by atoms with E-state index in [2.05, 4.69) is 9.88 Å². The summed E-state index contributed by atoms with van der Waals surface area (Å²) in [6, 6.07) is 1.16. The van der Waals surface area contributed by atoms with Gasteiger partial charge in [-0.1, -0.05) is 0 Å². The number of halogens is 6. The van der Waals surface area contributed by atoms with E-state index in [0.29, 0.717) is 32.2 Å². The van der Waals surface area contributed by atoms with E-state index in [-0.39, 0.29) is 56.8 Å². The Morgan fingerprint density at radius 1 is 0.974 bits per heavy atom. The van der Waals surface area contributed by atoms with Crippen molar-refractivity contribution in [2.75, 3.05) is 46.0 Å². The highest BCUT2D eigenvalue weighted by Crippen LogP contribution is 2.33. The van der Waals surface area contributed by atoms with Crippen molar-refractivity contribution in [3.63, 3.8) is 0 Å². The number of carbonyl (C=O) groups excluding carboxylic acids is 2. The van der Waals surface area contributed by atoms with E-state index >= 15 is 0 Å². The maximum Gasteiger partial charge on any atom is 0.449 e. The predicted molar refractivity (Wildman–Crippen MR) is 124 cm³/mol. The molecule has 0 atom stereocenters. The van der Waals surface area contributed by atoms with Gasteiger partial charge in [-0.25, -0.2) is 22.9 Å². The van der Waals surface area contributed by atoms with Crippen LogP contribution in [-0.4, -0.2) is 77.2 Å². The second-order valence-electron chi connectivity index (χ2n) is 9.35. The SMILES string of the molecule is O=C(OCCCN1CCOCC1)c1nc(C(F)(F)F)n2c1CN(C(=O)CCCc1cc(F)c(F)cc1F)CC2. The highest BCUT2D eigenvalue weighted by Gasteiger charge is 2.42. The standard InChI is InChI=1S/C25H28F6N4O4/c26-17-14-19(28)18(27)13-16(17)3-1-4-21(36)34-6-7-35-20(15-34)22(32-24(35)25(29,30)31)23(37)39-10-2-5-33-8-11-38-12-9-33/h13-14H,1-12,15H2. The van der Waals surface area contributed by atoms with Crippen molar-refractivity contribution in [3.8, 4) is 0 Å². The third-order valence-electron chi connectivity index (χ3n) is 6.69. The van der Waals surface area contributed by atoms with E-state index in [1.807, 2.05) is 0 Å². The molecule has 0 bridgehead atoms. The molecule has 0 N–H and O–H groups in total. The lowest BCUT2D eigenvalue weighted by atomic mass is 10.1. The molecule has 2 aliphatic heterocycles. The molecule has 3 heterocycles. The zero-order valence-corrected chi connectivity index (χ0v) is 21.0. The predicted octanol–water partition coefficient (Wildman–Crippen LogP) is 3.56. The van der Waals surface area contributed by atoms with Gasteiger partial charge in [-0.15, -0.1) is 0 Å². The minimum absolute atomic E-state index is 0.00692. The quantitative estimate of drug-likeness (QED) is 0.201. The van der Waals surface area contributed by atoms with Gasteiger partial charge in [0.15, 0.2) is 17.3 Å². The number of amides is 1. The number of aromatic nitrogens is 2. The van der Waals surface area contributed by atoms with Crippen LogP contribution in [0.3, 0.4) is 0 Å². The fourth-order valence-corrected chi connectivity index (χ4v) is 4.65. The van der Waals surface area contributed by atoms with E-state index < -0.39 is 47.0 Å². The second-order valence-corrected chi connectivity index (χ2v) is 9.35. The van der Waals surface area contributed by atoms with E-state index in [1.165, 1.54) is 4.90 Å². The molecule has 1 saturated heterocycles. The van der Waals surface area contributed by atoms with Crippen LogP contribution in [0.25, 0.3) is 0 Å². The van der Waals surface area contributed by atoms with Crippen molar-refractivity contribution >= 4 is 11.9 Å². The Hall–Kier alpha value is -3.13. The van der Waals surface area contributed by atoms with Crippen LogP contribution in [0.4, 0.5) is 26.3 Å². The molecule has 0 spiro atoms. The van der Waals surface area contributed by atoms with Gasteiger partial charge in [0.05, 0.1) is 32.1 Å². The Morgan fingerprint density at radius 2 is 1.69 bits per heavy atom. The molecule has 14 heteroatoms. The van der Waals surface area contributed by atoms with Crippen LogP contribution >= 0.6 is 0 Å². The lowest BCUT2D eigenvalue weighted by Gasteiger charge is -2.29. The summed E-state index contributed by atoms with van der Waals surface area (Å²) in [6.07, 6.45) is -4.38. The van der Waals surface area contributed by atoms with Gasteiger partial charge in [0.1, 0.15) is 5.82 Å². The van der Waals surface area contributed by atoms with Crippen molar-refractivity contribution in [2.24, 2.45) is 0 Å². The Kier molecular flexibility index (Phi) is 9.15. The average molecular weight is 563 g/mol. The molecule has 2 aliphatic rings. The summed E-state index contributed by atoms with van der Waals surface area (Å²) in [4.78, 5) is 32.4. The average Bonchev–Trinajstić information content (AvgIpc) is 3.30. The number of ether oxygens (including phenoxy) is 2. The summed E-state index contributed by atoms with van der Waals surface area (Å²) >= 11 is 0. The number of carbonyl (C=O) groups is 2. The normalized spacial score (nSPS) is 16.3. The summed E-state index contributed by atoms with van der Waals surface area (Å²) in [5.74, 6) is -6.14. The molecule has 0 unspecified atom stereocenters. The fourth-order valence-electron chi connectivity index (χ4n) is 4.65. The first-order chi connectivity index (χ1) is 18.5. The molecule has 1 fully saturated rings. The Morgan fingerprint density at radius 3 is 2.41 bits per heavy atom. The van der Waals surface area contributed by atoms with Crippen molar-refractivity contribution in [1.82, 2.24) is 19.4 Å². The number of fused-ring (bicyclic) bond motifs is 1. The summed E-state index contributed by atoms with van der Waals surface area (Å²) < 4.78 is 92.6. The van der Waals surface area contributed by atoms with Gasteiger partial charge in [-0.05, 0) is 30.9 Å². The third-order valence-corrected chi connectivity index (χ3v) is 6.69. The minimum Gasteiger partial charge on any atom is -0.461 e. The molecule has 1 aromatic carbocycles. The van der Waals surface area contributed by atoms with Gasteiger partial charge in [-0.2, -0.15) is 13.2 Å². The van der Waals surface area contributed by atoms with E-state index in [1.54, 1.807) is 0 Å². The molecular formula is C25H28F6N4O4. The number of imidazole rings is 1. The lowest BCUT2D eigenvalue weighted by Crippen LogP contribution is -2.39. The number of rotatable bonds is 9. The van der Waals surface area contributed by atoms with Gasteiger partial charge >= 0.3 is 12.1 Å². The zero-order valence-electron chi connectivity index (χ0n) is 21.0. The van der Waals surface area contributed by atoms with Crippen molar-refractivity contribution in [3.05, 3.63) is 52.4 Å². The molecule has 0 aliphatic carbocycles. The van der Waals surface area contributed by atoms with Gasteiger partial charge in [0, 0.05) is 45.2 Å². The van der Waals surface area contributed by atoms with Crippen LogP contribution < -0.4 is 0 Å². The first kappa shape index (κ1) is 28.9. The molecule has 1 amide bonds. The fraction of sp³-hybridized carbons (Fsp3) is 0.560. The number of hydrogen-bond donors (Lipinski definition) is 0. The molecule has 4 rings (SSSR count). The second kappa shape index (κ2) is 12.4. The first-order valence-corrected chi connectivity index (χ1v) is 12.6. The largest absolute Gasteiger partial charge is 0.461 e. The molecule has 8 nitrogen and oxygen atoms in total. The van der Waals surface area contributed by atoms with E-state index in [4.69, 9.17) is 9.47 Å². The molecule has 1 aromatic heterocycles. The molecular weight excluding hydrogens is 534 g/mol. The highest BCUT2D eigenvalue weighted by atomic mass is 19.4. The summed E-state index contributed by atoms with van der Waals surface area (Å²) in [5.41, 5.74) is -0.659. The van der Waals surface area contributed by atoms with Crippen LogP contribution in [0.5, 0.6) is 0 Å². The molecule has 214 valence electrons. The number of morpholine rings is 1. The minimum atomic E-state index is -4.82. The maximum atomic E-state index is 13.8. The van der Waals surface area contributed by atoms with Crippen LogP contribution in [0.15, 0.2) is 12.1 Å². The van der Waals surface area contributed by atoms with Crippen LogP contribution in [0, 0.1) is 17.5 Å². The smallest absolute Gasteiger partial charge is 0.449 e. The Balaban J connectivity index is 1.37. The first-order valence-electron chi connectivity index (χ1n) is 12.6. The zero-order chi connectivity index (χ0) is 28.2. The Labute approximate surface area is 220 Å². The molecule has 39 heavy (non-hydrogen) atoms. The number of hydrogen-bond acceptors (Lipinski definition) is 6. The van der Waals surface area contributed by atoms with Crippen LogP contribution in [0.2, 0.25) is 0 Å². The van der Waals surface area contributed by atoms with Gasteiger partial charge < -0.3 is 18.9 Å². The topological polar surface area (TPSA) is 76.9 Å². The number of esters is 1. The van der Waals surface area contributed by atoms with Crippen molar-refractivity contribution < 1.29 is 45.4 Å². The van der Waals surface area contributed by atoms with Crippen molar-refractivity contribution in [2.45, 2.75) is 44.9 Å². The number of alkyl halides is 3. The van der Waals surface area contributed by atoms with E-state index in [0.717, 1.165) is 23.7 Å². The molecule has 2 aromatic rings. The molecule has 0 radical (unpaired) electrons. The number of benzene rings is 1. The summed E-state index contributed by atoms with van der Waals surface area (Å²) in [5, 5.41) is 0. The molecule has 0 saturated carbocycles. The third kappa shape index (κ3) is 7.10. The Bertz CT molecular complexity index is 1200. The summed E-state index contributed by atoms with van der Waals surface area (Å²) in [7, 11) is 0. The van der Waals surface area contributed by atoms with Gasteiger partial charge in [-0.3, -0.25) is 9.69 Å². The van der Waals surface area contributed by atoms with Gasteiger partial charge in [0.25, 0.3) is 0 Å². The lowest BCUT2D eigenvalue weighted by molar-refractivity contribution is -0.148. The number of aryl methyl sites for hydroxylation is 1. The highest BCUT2D eigenvalue weighted by molar-refractivity contribution is 5.89. The van der Waals surface area contributed by atoms with Gasteiger partial charge in [0.2, 0.25) is 11.7 Å². The monoisotopic (exact) mass is 562 g/mol. The van der Waals surface area contributed by atoms with E-state index in [9.17, 15) is 35.9 Å². The van der Waals surface area contributed by atoms with Crippen LogP contribution in [-0.2, 0) is 40.0 Å².